The SMILES string of the molecule is COC(=O)N/N=C/c1ccccc1O. The molecule has 0 spiro atoms. The molecular formula is C9H10N2O3. The van der Waals surface area contributed by atoms with E-state index in [4.69, 9.17) is 0 Å². The summed E-state index contributed by atoms with van der Waals surface area (Å²) in [7, 11) is 1.24. The fraction of sp³-hybridized carbons (Fsp3) is 0.111. The lowest BCUT2D eigenvalue weighted by atomic mass is 10.2. The second kappa shape index (κ2) is 4.86. The molecule has 1 aromatic carbocycles. The Labute approximate surface area is 81.0 Å². The molecule has 0 aliphatic carbocycles. The summed E-state index contributed by atoms with van der Waals surface area (Å²) in [5, 5.41) is 12.9. The van der Waals surface area contributed by atoms with Gasteiger partial charge in [0.1, 0.15) is 5.75 Å². The molecule has 0 aromatic heterocycles. The van der Waals surface area contributed by atoms with Crippen LogP contribution in [0.3, 0.4) is 0 Å². The first kappa shape index (κ1) is 10.0. The van der Waals surface area contributed by atoms with Gasteiger partial charge in [0.05, 0.1) is 13.3 Å². The lowest BCUT2D eigenvalue weighted by Crippen LogP contribution is -2.16. The second-order valence-electron chi connectivity index (χ2n) is 2.42. The molecule has 0 fully saturated rings. The van der Waals surface area contributed by atoms with Crippen molar-refractivity contribution in [1.29, 1.82) is 0 Å². The van der Waals surface area contributed by atoms with Crippen LogP contribution in [0.15, 0.2) is 29.4 Å². The fourth-order valence-corrected chi connectivity index (χ4v) is 0.797. The van der Waals surface area contributed by atoms with E-state index in [0.717, 1.165) is 0 Å². The van der Waals surface area contributed by atoms with Gasteiger partial charge < -0.3 is 9.84 Å². The van der Waals surface area contributed by atoms with Gasteiger partial charge >= 0.3 is 6.09 Å². The highest BCUT2D eigenvalue weighted by Crippen LogP contribution is 2.12. The van der Waals surface area contributed by atoms with Crippen molar-refractivity contribution in [2.24, 2.45) is 5.10 Å². The molecule has 0 unspecified atom stereocenters. The summed E-state index contributed by atoms with van der Waals surface area (Å²) in [5.74, 6) is 0.0999. The quantitative estimate of drug-likeness (QED) is 0.546. The van der Waals surface area contributed by atoms with Gasteiger partial charge in [0.15, 0.2) is 0 Å². The van der Waals surface area contributed by atoms with Gasteiger partial charge in [-0.2, -0.15) is 5.10 Å². The normalized spacial score (nSPS) is 10.1. The van der Waals surface area contributed by atoms with Crippen LogP contribution in [0.5, 0.6) is 5.75 Å². The van der Waals surface area contributed by atoms with Crippen LogP contribution in [-0.4, -0.2) is 24.5 Å². The molecule has 0 aliphatic heterocycles. The van der Waals surface area contributed by atoms with Crippen molar-refractivity contribution < 1.29 is 14.6 Å². The van der Waals surface area contributed by atoms with E-state index in [0.29, 0.717) is 5.56 Å². The summed E-state index contributed by atoms with van der Waals surface area (Å²) in [4.78, 5) is 10.6. The monoisotopic (exact) mass is 194 g/mol. The van der Waals surface area contributed by atoms with Crippen LogP contribution in [0.25, 0.3) is 0 Å². The summed E-state index contributed by atoms with van der Waals surface area (Å²) in [6, 6.07) is 6.64. The van der Waals surface area contributed by atoms with Gasteiger partial charge in [0.2, 0.25) is 0 Å². The Morgan fingerprint density at radius 3 is 2.93 bits per heavy atom. The third-order valence-electron chi connectivity index (χ3n) is 1.48. The minimum atomic E-state index is -0.656. The molecule has 0 bridgehead atoms. The Balaban J connectivity index is 2.60. The molecule has 5 nitrogen and oxygen atoms in total. The molecule has 5 heteroatoms. The van der Waals surface area contributed by atoms with E-state index in [-0.39, 0.29) is 5.75 Å². The Morgan fingerprint density at radius 1 is 1.57 bits per heavy atom. The van der Waals surface area contributed by atoms with Gasteiger partial charge in [-0.1, -0.05) is 12.1 Å². The van der Waals surface area contributed by atoms with E-state index >= 15 is 0 Å². The lowest BCUT2D eigenvalue weighted by Gasteiger charge is -1.97. The van der Waals surface area contributed by atoms with Gasteiger partial charge in [-0.25, -0.2) is 10.2 Å². The minimum absolute atomic E-state index is 0.0999. The molecule has 0 aliphatic rings. The standard InChI is InChI=1S/C9H10N2O3/c1-14-9(13)11-10-6-7-4-2-3-5-8(7)12/h2-6,12H,1H3,(H,11,13)/b10-6+. The van der Waals surface area contributed by atoms with E-state index in [1.165, 1.54) is 19.4 Å². The number of carbonyl (C=O) groups is 1. The molecule has 0 radical (unpaired) electrons. The average molecular weight is 194 g/mol. The number of para-hydroxylation sites is 1. The number of hydrogen-bond acceptors (Lipinski definition) is 4. The second-order valence-corrected chi connectivity index (χ2v) is 2.42. The highest BCUT2D eigenvalue weighted by atomic mass is 16.5. The van der Waals surface area contributed by atoms with Gasteiger partial charge in [-0.05, 0) is 12.1 Å². The maximum absolute atomic E-state index is 10.6. The maximum atomic E-state index is 10.6. The number of phenolic OH excluding ortho intramolecular Hbond substituents is 1. The van der Waals surface area contributed by atoms with Crippen LogP contribution in [-0.2, 0) is 4.74 Å². The van der Waals surface area contributed by atoms with E-state index in [1.54, 1.807) is 18.2 Å². The zero-order valence-electron chi connectivity index (χ0n) is 7.60. The zero-order chi connectivity index (χ0) is 10.4. The van der Waals surface area contributed by atoms with Gasteiger partial charge in [-0.15, -0.1) is 0 Å². The Bertz CT molecular complexity index is 350. The van der Waals surface area contributed by atoms with Crippen molar-refractivity contribution in [1.82, 2.24) is 5.43 Å². The van der Waals surface area contributed by atoms with Crippen molar-refractivity contribution >= 4 is 12.3 Å². The smallest absolute Gasteiger partial charge is 0.427 e. The predicted octanol–water partition coefficient (Wildman–Crippen LogP) is 1.08. The van der Waals surface area contributed by atoms with Crippen LogP contribution >= 0.6 is 0 Å². The van der Waals surface area contributed by atoms with E-state index in [1.807, 2.05) is 0 Å². The number of carbonyl (C=O) groups excluding carboxylic acids is 1. The van der Waals surface area contributed by atoms with Crippen molar-refractivity contribution in [2.45, 2.75) is 0 Å². The highest BCUT2D eigenvalue weighted by Gasteiger charge is 1.96. The first-order valence-corrected chi connectivity index (χ1v) is 3.89. The number of phenols is 1. The molecule has 0 heterocycles. The first-order chi connectivity index (χ1) is 6.74. The van der Waals surface area contributed by atoms with Crippen molar-refractivity contribution in [3.63, 3.8) is 0 Å². The Hall–Kier alpha value is -2.04. The largest absolute Gasteiger partial charge is 0.507 e. The molecule has 1 rings (SSSR count). The van der Waals surface area contributed by atoms with Gasteiger partial charge in [0.25, 0.3) is 0 Å². The number of methoxy groups -OCH3 is 1. The number of benzene rings is 1. The zero-order valence-corrected chi connectivity index (χ0v) is 7.60. The van der Waals surface area contributed by atoms with Crippen LogP contribution in [0.4, 0.5) is 4.79 Å². The third-order valence-corrected chi connectivity index (χ3v) is 1.48. The van der Waals surface area contributed by atoms with Gasteiger partial charge in [0, 0.05) is 5.56 Å². The molecule has 2 N–H and O–H groups in total. The molecule has 74 valence electrons. The van der Waals surface area contributed by atoms with Crippen molar-refractivity contribution in [3.8, 4) is 5.75 Å². The van der Waals surface area contributed by atoms with E-state index in [9.17, 15) is 9.90 Å². The maximum Gasteiger partial charge on any atom is 0.427 e. The molecule has 0 saturated carbocycles. The molecule has 14 heavy (non-hydrogen) atoms. The lowest BCUT2D eigenvalue weighted by molar-refractivity contribution is 0.171. The average Bonchev–Trinajstić information content (AvgIpc) is 2.20. The molecule has 1 amide bonds. The predicted molar refractivity (Wildman–Crippen MR) is 51.2 cm³/mol. The Morgan fingerprint density at radius 2 is 2.29 bits per heavy atom. The number of hydrazone groups is 1. The number of nitrogens with one attached hydrogen (secondary N) is 1. The number of amides is 1. The summed E-state index contributed by atoms with van der Waals surface area (Å²) >= 11 is 0. The van der Waals surface area contributed by atoms with Crippen molar-refractivity contribution in [2.75, 3.05) is 7.11 Å². The van der Waals surface area contributed by atoms with Gasteiger partial charge in [-0.3, -0.25) is 0 Å². The molecule has 1 aromatic rings. The fourth-order valence-electron chi connectivity index (χ4n) is 0.797. The summed E-state index contributed by atoms with van der Waals surface area (Å²) in [5.41, 5.74) is 2.62. The van der Waals surface area contributed by atoms with Crippen LogP contribution in [0.1, 0.15) is 5.56 Å². The number of rotatable bonds is 2. The number of hydrogen-bond donors (Lipinski definition) is 2. The Kier molecular flexibility index (Phi) is 3.49. The van der Waals surface area contributed by atoms with Crippen LogP contribution in [0, 0.1) is 0 Å². The third kappa shape index (κ3) is 2.78. The first-order valence-electron chi connectivity index (χ1n) is 3.89. The summed E-state index contributed by atoms with van der Waals surface area (Å²) in [6.07, 6.45) is 0.670. The topological polar surface area (TPSA) is 70.9 Å². The number of ether oxygens (including phenoxy) is 1. The van der Waals surface area contributed by atoms with Crippen LogP contribution < -0.4 is 5.43 Å². The molecule has 0 atom stereocenters. The number of nitrogens with zero attached hydrogens (tertiary/aromatic N) is 1. The minimum Gasteiger partial charge on any atom is -0.507 e. The summed E-state index contributed by atoms with van der Waals surface area (Å²) < 4.78 is 4.29. The van der Waals surface area contributed by atoms with E-state index < -0.39 is 6.09 Å². The summed E-state index contributed by atoms with van der Waals surface area (Å²) in [6.45, 7) is 0. The molecular weight excluding hydrogens is 184 g/mol. The molecule has 0 saturated heterocycles. The highest BCUT2D eigenvalue weighted by molar-refractivity contribution is 5.84. The number of aromatic hydroxyl groups is 1. The van der Waals surface area contributed by atoms with E-state index in [2.05, 4.69) is 15.3 Å². The van der Waals surface area contributed by atoms with Crippen molar-refractivity contribution in [3.05, 3.63) is 29.8 Å². The van der Waals surface area contributed by atoms with Crippen LogP contribution in [0.2, 0.25) is 0 Å².